The molecule has 0 saturated heterocycles. The summed E-state index contributed by atoms with van der Waals surface area (Å²) in [5.74, 6) is 2.14. The number of para-hydroxylation sites is 2. The summed E-state index contributed by atoms with van der Waals surface area (Å²) in [5, 5.41) is 8.15. The van der Waals surface area contributed by atoms with E-state index in [1.807, 2.05) is 59.4 Å². The summed E-state index contributed by atoms with van der Waals surface area (Å²) >= 11 is 0. The maximum Gasteiger partial charge on any atom is 0.227 e. The molecule has 0 fully saturated rings. The Morgan fingerprint density at radius 3 is 2.63 bits per heavy atom. The normalized spacial score (nSPS) is 11.1. The molecule has 0 atom stereocenters. The zero-order valence-electron chi connectivity index (χ0n) is 21.2. The van der Waals surface area contributed by atoms with Gasteiger partial charge in [0.15, 0.2) is 0 Å². The average Bonchev–Trinajstić information content (AvgIpc) is 3.57. The van der Waals surface area contributed by atoms with Gasteiger partial charge in [-0.15, -0.1) is 0 Å². The third kappa shape index (κ3) is 4.71. The summed E-state index contributed by atoms with van der Waals surface area (Å²) < 4.78 is 7.38. The van der Waals surface area contributed by atoms with Crippen molar-refractivity contribution >= 4 is 22.7 Å². The number of nitrogens with one attached hydrogen (secondary N) is 2. The van der Waals surface area contributed by atoms with Gasteiger partial charge in [0.1, 0.15) is 17.3 Å². The minimum atomic E-state index is 0.482. The molecule has 8 heteroatoms. The van der Waals surface area contributed by atoms with Gasteiger partial charge < -0.3 is 15.0 Å². The molecule has 0 aliphatic rings. The molecule has 0 amide bonds. The zero-order chi connectivity index (χ0) is 25.9. The Morgan fingerprint density at radius 1 is 0.947 bits per heavy atom. The van der Waals surface area contributed by atoms with E-state index in [4.69, 9.17) is 19.8 Å². The summed E-state index contributed by atoms with van der Waals surface area (Å²) in [5.41, 5.74) is 7.46. The van der Waals surface area contributed by atoms with Gasteiger partial charge in [0.25, 0.3) is 0 Å². The third-order valence-corrected chi connectivity index (χ3v) is 6.39. The largest absolute Gasteiger partial charge is 0.495 e. The van der Waals surface area contributed by atoms with Gasteiger partial charge in [0, 0.05) is 36.5 Å². The zero-order valence-corrected chi connectivity index (χ0v) is 21.2. The minimum Gasteiger partial charge on any atom is -0.495 e. The lowest BCUT2D eigenvalue weighted by Gasteiger charge is -2.10. The number of rotatable bonds is 8. The highest BCUT2D eigenvalue weighted by Crippen LogP contribution is 2.33. The molecule has 0 aliphatic carbocycles. The predicted octanol–water partition coefficient (Wildman–Crippen LogP) is 6.25. The Labute approximate surface area is 220 Å². The molecule has 3 aromatic heterocycles. The molecule has 6 rings (SSSR count). The van der Waals surface area contributed by atoms with Gasteiger partial charge in [0.05, 0.1) is 29.5 Å². The molecule has 38 heavy (non-hydrogen) atoms. The SMILES string of the molecule is CCn1cc(-c2ccnc(Nc3ccccc3OC)n2)c(-c2ccc3[nH]c(Cc4ccccc4)nc3c2)n1. The number of H-pyrrole nitrogens is 1. The van der Waals surface area contributed by atoms with E-state index in [2.05, 4.69) is 52.5 Å². The van der Waals surface area contributed by atoms with E-state index in [-0.39, 0.29) is 0 Å². The average molecular weight is 502 g/mol. The van der Waals surface area contributed by atoms with Gasteiger partial charge in [-0.2, -0.15) is 5.10 Å². The molecule has 8 nitrogen and oxygen atoms in total. The maximum atomic E-state index is 5.46. The lowest BCUT2D eigenvalue weighted by molar-refractivity contribution is 0.417. The number of aryl methyl sites for hydroxylation is 1. The van der Waals surface area contributed by atoms with Gasteiger partial charge in [0.2, 0.25) is 5.95 Å². The molecule has 6 aromatic rings. The van der Waals surface area contributed by atoms with Gasteiger partial charge in [-0.25, -0.2) is 15.0 Å². The summed E-state index contributed by atoms with van der Waals surface area (Å²) in [6.07, 6.45) is 4.53. The molecule has 0 spiro atoms. The number of nitrogens with zero attached hydrogens (tertiary/aromatic N) is 5. The van der Waals surface area contributed by atoms with Crippen LogP contribution in [0.15, 0.2) is 91.3 Å². The van der Waals surface area contributed by atoms with Crippen molar-refractivity contribution in [3.8, 4) is 28.3 Å². The molecular formula is C30H27N7O. The molecule has 0 unspecified atom stereocenters. The molecule has 3 aromatic carbocycles. The number of hydrogen-bond acceptors (Lipinski definition) is 6. The summed E-state index contributed by atoms with van der Waals surface area (Å²) in [6.45, 7) is 2.82. The lowest BCUT2D eigenvalue weighted by atomic mass is 10.1. The first-order chi connectivity index (χ1) is 18.7. The standard InChI is InChI=1S/C30H27N7O/c1-3-37-19-22(23-15-16-31-30(34-23)35-25-11-7-8-12-27(25)38-2)29(36-37)21-13-14-24-26(18-21)33-28(32-24)17-20-9-5-4-6-10-20/h4-16,18-19H,3,17H2,1-2H3,(H,32,33)(H,31,34,35). The molecular weight excluding hydrogens is 474 g/mol. The topological polar surface area (TPSA) is 93.5 Å². The Kier molecular flexibility index (Phi) is 6.27. The second kappa shape index (κ2) is 10.2. The van der Waals surface area contributed by atoms with Gasteiger partial charge >= 0.3 is 0 Å². The van der Waals surface area contributed by atoms with Crippen molar-refractivity contribution in [1.29, 1.82) is 0 Å². The number of anilines is 2. The molecule has 0 radical (unpaired) electrons. The summed E-state index contributed by atoms with van der Waals surface area (Å²) in [6, 6.07) is 26.2. The fourth-order valence-electron chi connectivity index (χ4n) is 4.50. The Hall–Kier alpha value is -4.98. The summed E-state index contributed by atoms with van der Waals surface area (Å²) in [7, 11) is 1.64. The van der Waals surface area contributed by atoms with Crippen molar-refractivity contribution in [2.45, 2.75) is 19.9 Å². The molecule has 0 saturated carbocycles. The van der Waals surface area contributed by atoms with Gasteiger partial charge in [-0.05, 0) is 42.8 Å². The molecule has 3 heterocycles. The van der Waals surface area contributed by atoms with E-state index >= 15 is 0 Å². The lowest BCUT2D eigenvalue weighted by Crippen LogP contribution is -1.99. The Bertz CT molecular complexity index is 1700. The van der Waals surface area contributed by atoms with Crippen molar-refractivity contribution in [2.24, 2.45) is 0 Å². The number of methoxy groups -OCH3 is 1. The third-order valence-electron chi connectivity index (χ3n) is 6.39. The van der Waals surface area contributed by atoms with Crippen LogP contribution in [-0.4, -0.2) is 36.8 Å². The van der Waals surface area contributed by atoms with Gasteiger partial charge in [-0.1, -0.05) is 48.5 Å². The number of aromatic nitrogens is 6. The van der Waals surface area contributed by atoms with E-state index in [0.29, 0.717) is 5.95 Å². The number of hydrogen-bond donors (Lipinski definition) is 2. The van der Waals surface area contributed by atoms with E-state index in [9.17, 15) is 0 Å². The van der Waals surface area contributed by atoms with E-state index in [1.54, 1.807) is 13.3 Å². The number of aromatic amines is 1. The molecule has 188 valence electrons. The van der Waals surface area contributed by atoms with E-state index in [0.717, 1.165) is 63.8 Å². The van der Waals surface area contributed by atoms with Crippen molar-refractivity contribution in [3.05, 3.63) is 103 Å². The van der Waals surface area contributed by atoms with Crippen LogP contribution in [0.4, 0.5) is 11.6 Å². The second-order valence-electron chi connectivity index (χ2n) is 8.92. The minimum absolute atomic E-state index is 0.482. The smallest absolute Gasteiger partial charge is 0.227 e. The number of imidazole rings is 1. The number of benzene rings is 3. The Morgan fingerprint density at radius 2 is 1.79 bits per heavy atom. The summed E-state index contributed by atoms with van der Waals surface area (Å²) in [4.78, 5) is 17.5. The number of ether oxygens (including phenoxy) is 1. The highest BCUT2D eigenvalue weighted by molar-refractivity contribution is 5.86. The highest BCUT2D eigenvalue weighted by Gasteiger charge is 2.17. The Balaban J connectivity index is 1.35. The van der Waals surface area contributed by atoms with Crippen LogP contribution >= 0.6 is 0 Å². The predicted molar refractivity (Wildman–Crippen MR) is 150 cm³/mol. The van der Waals surface area contributed by atoms with Crippen LogP contribution in [0, 0.1) is 0 Å². The van der Waals surface area contributed by atoms with Crippen LogP contribution in [-0.2, 0) is 13.0 Å². The van der Waals surface area contributed by atoms with Crippen LogP contribution in [0.2, 0.25) is 0 Å². The molecule has 0 bridgehead atoms. The van der Waals surface area contributed by atoms with E-state index < -0.39 is 0 Å². The quantitative estimate of drug-likeness (QED) is 0.256. The van der Waals surface area contributed by atoms with Crippen LogP contribution in [0.3, 0.4) is 0 Å². The first-order valence-corrected chi connectivity index (χ1v) is 12.5. The van der Waals surface area contributed by atoms with Crippen LogP contribution in [0.1, 0.15) is 18.3 Å². The first-order valence-electron chi connectivity index (χ1n) is 12.5. The van der Waals surface area contributed by atoms with Crippen molar-refractivity contribution in [3.63, 3.8) is 0 Å². The van der Waals surface area contributed by atoms with E-state index in [1.165, 1.54) is 5.56 Å². The highest BCUT2D eigenvalue weighted by atomic mass is 16.5. The van der Waals surface area contributed by atoms with Crippen LogP contribution in [0.25, 0.3) is 33.5 Å². The fraction of sp³-hybridized carbons (Fsp3) is 0.133. The van der Waals surface area contributed by atoms with Crippen molar-refractivity contribution < 1.29 is 4.74 Å². The molecule has 0 aliphatic heterocycles. The number of fused-ring (bicyclic) bond motifs is 1. The van der Waals surface area contributed by atoms with Crippen LogP contribution < -0.4 is 10.1 Å². The van der Waals surface area contributed by atoms with Crippen molar-refractivity contribution in [2.75, 3.05) is 12.4 Å². The van der Waals surface area contributed by atoms with Crippen molar-refractivity contribution in [1.82, 2.24) is 29.7 Å². The van der Waals surface area contributed by atoms with Crippen LogP contribution in [0.5, 0.6) is 5.75 Å². The monoisotopic (exact) mass is 501 g/mol. The fourth-order valence-corrected chi connectivity index (χ4v) is 4.50. The first kappa shape index (κ1) is 23.4. The molecule has 2 N–H and O–H groups in total. The second-order valence-corrected chi connectivity index (χ2v) is 8.92. The maximum absolute atomic E-state index is 5.46. The van der Waals surface area contributed by atoms with Gasteiger partial charge in [-0.3, -0.25) is 4.68 Å².